The van der Waals surface area contributed by atoms with E-state index >= 15 is 0 Å². The van der Waals surface area contributed by atoms with Crippen molar-refractivity contribution in [2.45, 2.75) is 52.7 Å². The molecule has 1 N–H and O–H groups in total. The summed E-state index contributed by atoms with van der Waals surface area (Å²) >= 11 is 0. The lowest BCUT2D eigenvalue weighted by Gasteiger charge is -2.30. The van der Waals surface area contributed by atoms with Crippen molar-refractivity contribution in [3.63, 3.8) is 0 Å². The molecule has 1 saturated heterocycles. The van der Waals surface area contributed by atoms with E-state index in [4.69, 9.17) is 4.74 Å². The number of hydrogen-bond donors (Lipinski definition) is 1. The van der Waals surface area contributed by atoms with Crippen LogP contribution in [-0.2, 0) is 14.3 Å². The second-order valence-electron chi connectivity index (χ2n) is 8.25. The van der Waals surface area contributed by atoms with Crippen molar-refractivity contribution < 1.29 is 19.4 Å². The number of aryl methyl sites for hydroxylation is 1. The van der Waals surface area contributed by atoms with Crippen LogP contribution in [0.2, 0.25) is 0 Å². The van der Waals surface area contributed by atoms with E-state index in [9.17, 15) is 14.7 Å². The molecular formula is C21H27NO4. The number of aliphatic hydroxyl groups is 1. The number of ether oxygens (including phenoxy) is 1. The zero-order valence-electron chi connectivity index (χ0n) is 15.9. The third-order valence-electron chi connectivity index (χ3n) is 5.01. The van der Waals surface area contributed by atoms with Crippen LogP contribution in [0.15, 0.2) is 35.6 Å². The molecule has 2 aliphatic heterocycles. The molecule has 1 fully saturated rings. The first-order valence-electron chi connectivity index (χ1n) is 9.17. The van der Waals surface area contributed by atoms with Gasteiger partial charge in [0.05, 0.1) is 17.7 Å². The fraction of sp³-hybridized carbons (Fsp3) is 0.524. The van der Waals surface area contributed by atoms with E-state index in [1.165, 1.54) is 0 Å². The van der Waals surface area contributed by atoms with Gasteiger partial charge in [-0.05, 0) is 25.3 Å². The zero-order chi connectivity index (χ0) is 19.1. The SMILES string of the molecule is Cc1cccc(C2C(C(=O)C(C)(C)C)=C(O)C(=O)N2CC2CCCO2)c1. The molecule has 0 bridgehead atoms. The van der Waals surface area contributed by atoms with Crippen LogP contribution in [0.3, 0.4) is 0 Å². The number of carbonyl (C=O) groups excluding carboxylic acids is 2. The second-order valence-corrected chi connectivity index (χ2v) is 8.25. The average Bonchev–Trinajstić information content (AvgIpc) is 3.16. The minimum absolute atomic E-state index is 0.0526. The summed E-state index contributed by atoms with van der Waals surface area (Å²) in [7, 11) is 0. The molecule has 0 aliphatic carbocycles. The Bertz CT molecular complexity index is 754. The molecule has 2 atom stereocenters. The normalized spacial score (nSPS) is 23.8. The average molecular weight is 357 g/mol. The molecule has 1 aromatic rings. The van der Waals surface area contributed by atoms with E-state index in [1.54, 1.807) is 25.7 Å². The number of benzene rings is 1. The van der Waals surface area contributed by atoms with E-state index < -0.39 is 23.1 Å². The number of aliphatic hydroxyl groups excluding tert-OH is 1. The van der Waals surface area contributed by atoms with Crippen LogP contribution >= 0.6 is 0 Å². The third-order valence-corrected chi connectivity index (χ3v) is 5.01. The third kappa shape index (κ3) is 3.40. The van der Waals surface area contributed by atoms with Gasteiger partial charge in [0, 0.05) is 18.6 Å². The minimum atomic E-state index is -0.689. The summed E-state index contributed by atoms with van der Waals surface area (Å²) < 4.78 is 5.69. The Morgan fingerprint density at radius 2 is 2.08 bits per heavy atom. The van der Waals surface area contributed by atoms with Crippen LogP contribution in [0.4, 0.5) is 0 Å². The highest BCUT2D eigenvalue weighted by molar-refractivity contribution is 6.10. The summed E-state index contributed by atoms with van der Waals surface area (Å²) in [5, 5.41) is 10.6. The molecule has 140 valence electrons. The molecule has 2 unspecified atom stereocenters. The highest BCUT2D eigenvalue weighted by atomic mass is 16.5. The Balaban J connectivity index is 2.05. The molecule has 1 amide bonds. The topological polar surface area (TPSA) is 66.8 Å². The van der Waals surface area contributed by atoms with Gasteiger partial charge in [-0.3, -0.25) is 9.59 Å². The fourth-order valence-electron chi connectivity index (χ4n) is 3.67. The predicted molar refractivity (Wildman–Crippen MR) is 98.7 cm³/mol. The zero-order valence-corrected chi connectivity index (χ0v) is 15.9. The summed E-state index contributed by atoms with van der Waals surface area (Å²) in [5.41, 5.74) is 1.39. The van der Waals surface area contributed by atoms with Crippen LogP contribution in [0.1, 0.15) is 50.8 Å². The standard InChI is InChI=1S/C21H27NO4/c1-13-7-5-8-14(11-13)17-16(19(24)21(2,3)4)18(23)20(25)22(17)12-15-9-6-10-26-15/h5,7-8,11,15,17,23H,6,9-10,12H2,1-4H3. The van der Waals surface area contributed by atoms with Gasteiger partial charge in [-0.2, -0.15) is 0 Å². The number of carbonyl (C=O) groups is 2. The van der Waals surface area contributed by atoms with Gasteiger partial charge < -0.3 is 14.7 Å². The van der Waals surface area contributed by atoms with Crippen molar-refractivity contribution in [3.8, 4) is 0 Å². The lowest BCUT2D eigenvalue weighted by atomic mass is 9.82. The van der Waals surface area contributed by atoms with E-state index in [2.05, 4.69) is 0 Å². The van der Waals surface area contributed by atoms with Crippen LogP contribution in [0, 0.1) is 12.3 Å². The highest BCUT2D eigenvalue weighted by Gasteiger charge is 2.46. The first-order chi connectivity index (χ1) is 12.2. The van der Waals surface area contributed by atoms with Gasteiger partial charge in [-0.1, -0.05) is 50.6 Å². The van der Waals surface area contributed by atoms with Gasteiger partial charge in [0.25, 0.3) is 5.91 Å². The van der Waals surface area contributed by atoms with Gasteiger partial charge in [-0.15, -0.1) is 0 Å². The molecule has 0 radical (unpaired) electrons. The predicted octanol–water partition coefficient (Wildman–Crippen LogP) is 3.48. The van der Waals surface area contributed by atoms with E-state index in [1.807, 2.05) is 31.2 Å². The van der Waals surface area contributed by atoms with E-state index in [-0.39, 0.29) is 17.5 Å². The Morgan fingerprint density at radius 3 is 2.65 bits per heavy atom. The molecule has 2 aliphatic rings. The number of amides is 1. The van der Waals surface area contributed by atoms with E-state index in [0.29, 0.717) is 13.2 Å². The minimum Gasteiger partial charge on any atom is -0.503 e. The number of rotatable bonds is 4. The van der Waals surface area contributed by atoms with Crippen LogP contribution in [-0.4, -0.2) is 41.0 Å². The molecule has 1 aromatic carbocycles. The molecule has 2 heterocycles. The highest BCUT2D eigenvalue weighted by Crippen LogP contribution is 2.41. The Morgan fingerprint density at radius 1 is 1.35 bits per heavy atom. The molecular weight excluding hydrogens is 330 g/mol. The molecule has 26 heavy (non-hydrogen) atoms. The summed E-state index contributed by atoms with van der Waals surface area (Å²) in [5.74, 6) is -1.11. The number of ketones is 1. The molecule has 0 saturated carbocycles. The fourth-order valence-corrected chi connectivity index (χ4v) is 3.67. The largest absolute Gasteiger partial charge is 0.503 e. The number of nitrogens with zero attached hydrogens (tertiary/aromatic N) is 1. The van der Waals surface area contributed by atoms with Gasteiger partial charge >= 0.3 is 0 Å². The molecule has 0 aromatic heterocycles. The lowest BCUT2D eigenvalue weighted by Crippen LogP contribution is -2.38. The maximum Gasteiger partial charge on any atom is 0.290 e. The summed E-state index contributed by atoms with van der Waals surface area (Å²) in [6.45, 7) is 8.44. The number of hydrogen-bond acceptors (Lipinski definition) is 4. The lowest BCUT2D eigenvalue weighted by molar-refractivity contribution is -0.131. The quantitative estimate of drug-likeness (QED) is 0.896. The summed E-state index contributed by atoms with van der Waals surface area (Å²) in [4.78, 5) is 27.5. The molecule has 3 rings (SSSR count). The monoisotopic (exact) mass is 357 g/mol. The smallest absolute Gasteiger partial charge is 0.290 e. The van der Waals surface area contributed by atoms with Crippen LogP contribution in [0.25, 0.3) is 0 Å². The van der Waals surface area contributed by atoms with Gasteiger partial charge in [0.2, 0.25) is 0 Å². The van der Waals surface area contributed by atoms with Crippen molar-refractivity contribution >= 4 is 11.7 Å². The number of Topliss-reactive ketones (excluding diaryl/α,β-unsaturated/α-hetero) is 1. The maximum absolute atomic E-state index is 13.0. The van der Waals surface area contributed by atoms with Crippen LogP contribution in [0.5, 0.6) is 0 Å². The second kappa shape index (κ2) is 6.88. The van der Waals surface area contributed by atoms with E-state index in [0.717, 1.165) is 24.0 Å². The Kier molecular flexibility index (Phi) is 4.93. The molecule has 5 nitrogen and oxygen atoms in total. The van der Waals surface area contributed by atoms with Crippen molar-refractivity contribution in [1.29, 1.82) is 0 Å². The first-order valence-corrected chi connectivity index (χ1v) is 9.17. The van der Waals surface area contributed by atoms with Crippen molar-refractivity contribution in [2.24, 2.45) is 5.41 Å². The molecule has 5 heteroatoms. The van der Waals surface area contributed by atoms with Crippen molar-refractivity contribution in [1.82, 2.24) is 4.90 Å². The summed E-state index contributed by atoms with van der Waals surface area (Å²) in [6, 6.07) is 7.18. The maximum atomic E-state index is 13.0. The summed E-state index contributed by atoms with van der Waals surface area (Å²) in [6.07, 6.45) is 1.80. The van der Waals surface area contributed by atoms with Gasteiger partial charge in [-0.25, -0.2) is 0 Å². The first kappa shape index (κ1) is 18.6. The van der Waals surface area contributed by atoms with Gasteiger partial charge in [0.1, 0.15) is 0 Å². The van der Waals surface area contributed by atoms with Crippen molar-refractivity contribution in [3.05, 3.63) is 46.7 Å². The van der Waals surface area contributed by atoms with Crippen LogP contribution < -0.4 is 0 Å². The van der Waals surface area contributed by atoms with Gasteiger partial charge in [0.15, 0.2) is 11.5 Å². The Hall–Kier alpha value is -2.14. The molecule has 0 spiro atoms. The van der Waals surface area contributed by atoms with Crippen molar-refractivity contribution in [2.75, 3.05) is 13.2 Å². The Labute approximate surface area is 154 Å².